The lowest BCUT2D eigenvalue weighted by molar-refractivity contribution is -0.318. The first kappa shape index (κ1) is 88.4. The number of aliphatic hydroxyl groups excluding tert-OH is 6. The van der Waals surface area contributed by atoms with Crippen molar-refractivity contribution in [2.45, 2.75) is 370 Å². The third kappa shape index (κ3) is 19.9. The van der Waals surface area contributed by atoms with Gasteiger partial charge in [-0.2, -0.15) is 0 Å². The Bertz CT molecular complexity index is 2680. The van der Waals surface area contributed by atoms with Crippen LogP contribution in [-0.4, -0.2) is 303 Å². The van der Waals surface area contributed by atoms with E-state index in [4.69, 9.17) is 66.6 Å². The van der Waals surface area contributed by atoms with Gasteiger partial charge in [-0.3, -0.25) is 14.6 Å². The first-order valence-corrected chi connectivity index (χ1v) is 37.4. The average Bonchev–Trinajstić information content (AvgIpc) is 1.42. The molecule has 0 aliphatic carbocycles. The van der Waals surface area contributed by atoms with Crippen molar-refractivity contribution in [3.05, 3.63) is 0 Å². The van der Waals surface area contributed by atoms with E-state index in [1.54, 1.807) is 76.2 Å². The van der Waals surface area contributed by atoms with Gasteiger partial charge in [-0.05, 0) is 163 Å². The van der Waals surface area contributed by atoms with Gasteiger partial charge in [0.1, 0.15) is 48.3 Å². The van der Waals surface area contributed by atoms with Crippen LogP contribution in [0.4, 0.5) is 0 Å². The Labute approximate surface area is 607 Å². The number of hydrogen-bond acceptors (Lipinski definition) is 28. The van der Waals surface area contributed by atoms with E-state index in [1.165, 1.54) is 21.1 Å². The number of likely N-dealkylation sites (N-methyl/N-ethyl adjacent to an activating group) is 2. The molecule has 0 unspecified atom stereocenters. The summed E-state index contributed by atoms with van der Waals surface area (Å²) in [6, 6.07) is -1.34. The number of ether oxygens (including phenoxy) is 13. The molecule has 7 heterocycles. The van der Waals surface area contributed by atoms with Crippen molar-refractivity contribution in [2.75, 3.05) is 49.0 Å². The van der Waals surface area contributed by atoms with Gasteiger partial charge in [0.05, 0.1) is 101 Å². The Morgan fingerprint density at radius 2 is 0.931 bits per heavy atom. The van der Waals surface area contributed by atoms with Crippen LogP contribution in [0.1, 0.15) is 190 Å². The SMILES string of the molecule is CC[C@H]1OC(=O)[C@H](C)[C@@H](O[C@H]2C[C@@](C)(OC)[C@@H](O)[C@H](C)O2)[C@H](C)[C@@H](O[C@@H]2O[C@H](C)C[C@H](N(C)C)[C@H]2O)[C@@](C)(O)C[C@@H](C)N=C2O[C@]1(C)[C@H](O)[C@H]2C.CC[C@H]1OC(=O)[C@H](C)[C@@H](O[C@H]2C[C@@](C)(OC)[C@@H](O)[C@H](C)O2)[C@H](C)[C@@H](O[C@@H]2O[C@H](C)C[C@H](N(C)C)[C@H]2O)[C@@](C)(O)C[C@@H](C)NC[C@H](C)[C@@H](O)[C@@]1(C)O. The van der Waals surface area contributed by atoms with E-state index in [1.807, 2.05) is 93.4 Å². The maximum Gasteiger partial charge on any atom is 0.311 e. The Hall–Kier alpha value is -2.47. The van der Waals surface area contributed by atoms with Crippen molar-refractivity contribution in [1.29, 1.82) is 0 Å². The first-order chi connectivity index (χ1) is 47.1. The number of cyclic esters (lactones) is 2. The molecule has 36 atom stereocenters. The van der Waals surface area contributed by atoms with Crippen LogP contribution in [0, 0.1) is 35.5 Å². The van der Waals surface area contributed by atoms with E-state index in [9.17, 15) is 55.5 Å². The highest BCUT2D eigenvalue weighted by Gasteiger charge is 2.59. The van der Waals surface area contributed by atoms with E-state index in [0.29, 0.717) is 31.7 Å². The summed E-state index contributed by atoms with van der Waals surface area (Å²) >= 11 is 0. The fraction of sp³-hybridized carbons (Fsp3) is 0.959. The summed E-state index contributed by atoms with van der Waals surface area (Å²) in [5.41, 5.74) is -8.27. The van der Waals surface area contributed by atoms with Crippen molar-refractivity contribution in [3.63, 3.8) is 0 Å². The second kappa shape index (κ2) is 35.5. The minimum Gasteiger partial charge on any atom is -0.468 e. The minimum absolute atomic E-state index is 0.0948. The highest BCUT2D eigenvalue weighted by Crippen LogP contribution is 2.45. The van der Waals surface area contributed by atoms with Crippen molar-refractivity contribution >= 4 is 17.8 Å². The lowest BCUT2D eigenvalue weighted by Crippen LogP contribution is -2.60. The summed E-state index contributed by atoms with van der Waals surface area (Å²) in [6.45, 7) is 35.6. The largest absolute Gasteiger partial charge is 0.468 e. The van der Waals surface area contributed by atoms with Crippen molar-refractivity contribution in [2.24, 2.45) is 40.5 Å². The molecular formula is C74H136N4O24. The molecule has 0 spiro atoms. The Balaban J connectivity index is 0.000000321. The molecule has 0 radical (unpaired) electrons. The molecule has 7 aliphatic heterocycles. The Kier molecular flexibility index (Phi) is 30.8. The fourth-order valence-corrected chi connectivity index (χ4v) is 17.0. The van der Waals surface area contributed by atoms with Gasteiger partial charge >= 0.3 is 11.9 Å². The minimum atomic E-state index is -1.78. The molecule has 102 heavy (non-hydrogen) atoms. The Morgan fingerprint density at radius 1 is 0.529 bits per heavy atom. The third-order valence-electron chi connectivity index (χ3n) is 23.7. The van der Waals surface area contributed by atoms with Crippen LogP contribution < -0.4 is 5.32 Å². The summed E-state index contributed by atoms with van der Waals surface area (Å²) in [6.07, 6.45) is -15.9. The van der Waals surface area contributed by atoms with Crippen LogP contribution in [0.2, 0.25) is 0 Å². The zero-order valence-corrected chi connectivity index (χ0v) is 66.2. The van der Waals surface area contributed by atoms with Gasteiger partial charge in [-0.15, -0.1) is 0 Å². The number of carbonyl (C=O) groups is 2. The zero-order chi connectivity index (χ0) is 77.2. The van der Waals surface area contributed by atoms with Gasteiger partial charge in [0.15, 0.2) is 36.7 Å². The molecule has 0 aromatic heterocycles. The van der Waals surface area contributed by atoms with Crippen molar-refractivity contribution in [3.8, 4) is 0 Å². The number of nitrogens with zero attached hydrogens (tertiary/aromatic N) is 3. The standard InChI is InChI=1S/C37H66N2O12.C37H70N2O12/c1-14-25-37(10)29(41)22(6)32(51-37)38-18(2)16-35(8,44)31(50-34-27(40)24(39(11)12)15-19(3)46-34)20(4)28(21(5)33(43)48-25)49-26-17-36(9,45-13)30(42)23(7)47-26;1-14-26-37(10,45)30(41)19(2)18-38-20(3)16-35(8,44)32(51-34-28(40)25(39(11)12)15-21(4)47-34)22(5)29(23(6)33(43)49-26)50-27-17-36(9,46-13)31(42)24(7)48-27/h18-31,34,40-42,44H,14-17H2,1-13H3;19-32,34,38,40-42,44-45H,14-18H2,1-13H3/t18-,19-,20+,21-,22-,23+,24+,25-,26+,27-,28+,29-,30+,31-,34+,35+,36-,37+;19-,20+,21+,22-,23+,24-,25-,26+,27-,28+,29-,30+,31-,32+,34-,35-,36+,37-/m10/s1. The molecule has 2 bridgehead atoms. The zero-order valence-electron chi connectivity index (χ0n) is 66.2. The number of hydrogen-bond donors (Lipinski definition) is 10. The van der Waals surface area contributed by atoms with Gasteiger partial charge in [0.2, 0.25) is 0 Å². The second-order valence-corrected chi connectivity index (χ2v) is 33.2. The molecule has 0 amide bonds. The average molecular weight is 1470 g/mol. The van der Waals surface area contributed by atoms with Crippen molar-refractivity contribution in [1.82, 2.24) is 15.1 Å². The van der Waals surface area contributed by atoms with Crippen LogP contribution in [-0.2, 0) is 71.2 Å². The molecule has 7 aliphatic rings. The molecule has 0 aromatic carbocycles. The maximum atomic E-state index is 14.2. The normalized spacial score (nSPS) is 50.1. The van der Waals surface area contributed by atoms with Gasteiger partial charge in [0, 0.05) is 70.0 Å². The summed E-state index contributed by atoms with van der Waals surface area (Å²) in [4.78, 5) is 37.0. The highest BCUT2D eigenvalue weighted by atomic mass is 16.7. The molecular weight excluding hydrogens is 1330 g/mol. The summed E-state index contributed by atoms with van der Waals surface area (Å²) < 4.78 is 81.3. The maximum absolute atomic E-state index is 14.2. The van der Waals surface area contributed by atoms with Gasteiger partial charge in [-0.25, -0.2) is 0 Å². The van der Waals surface area contributed by atoms with Crippen LogP contribution >= 0.6 is 0 Å². The number of fused-ring (bicyclic) bond motifs is 2. The summed E-state index contributed by atoms with van der Waals surface area (Å²) in [5.74, 6) is -5.36. The molecule has 28 nitrogen and oxygen atoms in total. The summed E-state index contributed by atoms with van der Waals surface area (Å²) in [7, 11) is 10.5. The van der Waals surface area contributed by atoms with E-state index >= 15 is 0 Å². The lowest BCUT2D eigenvalue weighted by Gasteiger charge is -2.48. The van der Waals surface area contributed by atoms with E-state index in [0.717, 1.165) is 0 Å². The number of rotatable bonds is 14. The molecule has 10 N–H and O–H groups in total. The summed E-state index contributed by atoms with van der Waals surface area (Å²) in [5, 5.41) is 107. The number of aliphatic hydroxyl groups is 9. The van der Waals surface area contributed by atoms with Crippen LogP contribution in [0.25, 0.3) is 0 Å². The monoisotopic (exact) mass is 1460 g/mol. The predicted octanol–water partition coefficient (Wildman–Crippen LogP) is 3.96. The topological polar surface area (TPSA) is 367 Å². The molecule has 28 heteroatoms. The van der Waals surface area contributed by atoms with Crippen LogP contribution in [0.5, 0.6) is 0 Å². The smallest absolute Gasteiger partial charge is 0.311 e. The first-order valence-electron chi connectivity index (χ1n) is 37.4. The van der Waals surface area contributed by atoms with E-state index in [2.05, 4.69) is 5.32 Å². The number of nitrogens with one attached hydrogen (secondary N) is 1. The molecule has 0 saturated carbocycles. The van der Waals surface area contributed by atoms with Gasteiger partial charge < -0.3 is 123 Å². The number of aliphatic imine (C=N–C) groups is 1. The van der Waals surface area contributed by atoms with E-state index < -0.39 is 198 Å². The second-order valence-electron chi connectivity index (χ2n) is 33.2. The number of methoxy groups -OCH3 is 2. The highest BCUT2D eigenvalue weighted by molar-refractivity contribution is 5.82. The van der Waals surface area contributed by atoms with Gasteiger partial charge in [0.25, 0.3) is 0 Å². The van der Waals surface area contributed by atoms with Crippen LogP contribution in [0.3, 0.4) is 0 Å². The van der Waals surface area contributed by atoms with E-state index in [-0.39, 0.29) is 62.4 Å². The molecule has 6 saturated heterocycles. The predicted molar refractivity (Wildman–Crippen MR) is 377 cm³/mol. The molecule has 596 valence electrons. The fourth-order valence-electron chi connectivity index (χ4n) is 17.0. The number of esters is 2. The number of carbonyl (C=O) groups excluding carboxylic acids is 2. The van der Waals surface area contributed by atoms with Crippen LogP contribution in [0.15, 0.2) is 4.99 Å². The Morgan fingerprint density at radius 3 is 1.32 bits per heavy atom. The lowest BCUT2D eigenvalue weighted by atomic mass is 9.78. The van der Waals surface area contributed by atoms with Crippen molar-refractivity contribution < 1.29 is 117 Å². The molecule has 6 fully saturated rings. The molecule has 7 rings (SSSR count). The quantitative estimate of drug-likeness (QED) is 0.110. The van der Waals surface area contributed by atoms with Gasteiger partial charge in [-0.1, -0.05) is 41.5 Å². The molecule has 0 aromatic rings. The third-order valence-corrected chi connectivity index (χ3v) is 23.7.